The molecule has 1 aromatic carbocycles. The van der Waals surface area contributed by atoms with Crippen LogP contribution in [0.1, 0.15) is 97.0 Å². The molecule has 0 aromatic heterocycles. The third kappa shape index (κ3) is 19.2. The smallest absolute Gasteiger partial charge is 0.245 e. The lowest BCUT2D eigenvalue weighted by atomic mass is 9.83. The van der Waals surface area contributed by atoms with Crippen molar-refractivity contribution in [1.82, 2.24) is 47.4 Å². The molecule has 0 unspecified atom stereocenters. The van der Waals surface area contributed by atoms with E-state index in [1.807, 2.05) is 0 Å². The molecular weight excluding hydrogens is 903 g/mol. The van der Waals surface area contributed by atoms with Crippen LogP contribution in [0.2, 0.25) is 0 Å². The Kier molecular flexibility index (Phi) is 22.5. The van der Waals surface area contributed by atoms with Crippen molar-refractivity contribution in [2.45, 2.75) is 134 Å². The number of phenolic OH excluding ortho intramolecular Hbond substituents is 1. The van der Waals surface area contributed by atoms with Crippen molar-refractivity contribution in [3.05, 3.63) is 29.8 Å². The molecule has 1 aromatic rings. The number of hydrogen-bond donors (Lipinski definition) is 11. The normalized spacial score (nSPS) is 22.3. The summed E-state index contributed by atoms with van der Waals surface area (Å²) in [6.45, 7) is 3.06. The minimum atomic E-state index is -1.81. The van der Waals surface area contributed by atoms with Crippen molar-refractivity contribution in [2.75, 3.05) is 26.7 Å². The molecular formula is C45H67N11O13. The Morgan fingerprint density at radius 2 is 1.41 bits per heavy atom. The molecule has 2 aliphatic rings. The number of carbonyl (C=O) groups is 12. The summed E-state index contributed by atoms with van der Waals surface area (Å²) in [5, 5.41) is 29.8. The van der Waals surface area contributed by atoms with Crippen molar-refractivity contribution < 1.29 is 62.6 Å². The van der Waals surface area contributed by atoms with Gasteiger partial charge in [0.05, 0.1) is 26.1 Å². The van der Waals surface area contributed by atoms with E-state index in [0.717, 1.165) is 24.2 Å². The van der Waals surface area contributed by atoms with Crippen LogP contribution in [0.3, 0.4) is 0 Å². The molecule has 24 nitrogen and oxygen atoms in total. The number of primary amides is 2. The van der Waals surface area contributed by atoms with E-state index in [4.69, 9.17) is 11.5 Å². The number of likely N-dealkylation sites (N-methyl/N-ethyl adjacent to an activating group) is 1. The van der Waals surface area contributed by atoms with E-state index >= 15 is 0 Å². The van der Waals surface area contributed by atoms with Crippen LogP contribution < -0.4 is 54.0 Å². The van der Waals surface area contributed by atoms with E-state index in [1.54, 1.807) is 13.8 Å². The summed E-state index contributed by atoms with van der Waals surface area (Å²) in [7, 11) is 1.22. The predicted molar refractivity (Wildman–Crippen MR) is 245 cm³/mol. The van der Waals surface area contributed by atoms with E-state index in [1.165, 1.54) is 38.2 Å². The van der Waals surface area contributed by atoms with Crippen LogP contribution in [0, 0.1) is 11.8 Å². The molecule has 7 atom stereocenters. The fraction of sp³-hybridized carbons (Fsp3) is 0.600. The molecule has 2 fully saturated rings. The zero-order valence-electron chi connectivity index (χ0n) is 39.5. The summed E-state index contributed by atoms with van der Waals surface area (Å²) in [5.74, 6) is -11.1. The number of ketones is 1. The number of carbonyl (C=O) groups excluding carboxylic acids is 12. The first-order valence-corrected chi connectivity index (χ1v) is 23.0. The van der Waals surface area contributed by atoms with Gasteiger partial charge >= 0.3 is 0 Å². The number of rotatable bonds is 17. The Bertz CT molecular complexity index is 2060. The van der Waals surface area contributed by atoms with Gasteiger partial charge in [-0.05, 0) is 62.1 Å². The summed E-state index contributed by atoms with van der Waals surface area (Å²) in [5.41, 5.74) is 11.3. The first-order valence-electron chi connectivity index (χ1n) is 23.0. The van der Waals surface area contributed by atoms with Crippen LogP contribution in [-0.4, -0.2) is 144 Å². The molecule has 1 saturated carbocycles. The minimum Gasteiger partial charge on any atom is -0.508 e. The van der Waals surface area contributed by atoms with Crippen molar-refractivity contribution in [2.24, 2.45) is 23.3 Å². The molecule has 69 heavy (non-hydrogen) atoms. The number of aromatic hydroxyl groups is 1. The summed E-state index contributed by atoms with van der Waals surface area (Å²) in [4.78, 5) is 160. The second-order valence-electron chi connectivity index (χ2n) is 17.6. The molecule has 0 spiro atoms. The van der Waals surface area contributed by atoms with E-state index in [0.29, 0.717) is 24.8 Å². The van der Waals surface area contributed by atoms with Gasteiger partial charge < -0.3 is 64.0 Å². The zero-order chi connectivity index (χ0) is 51.4. The van der Waals surface area contributed by atoms with Gasteiger partial charge in [0, 0.05) is 26.3 Å². The van der Waals surface area contributed by atoms with Gasteiger partial charge in [-0.25, -0.2) is 0 Å². The maximum Gasteiger partial charge on any atom is 0.245 e. The average Bonchev–Trinajstić information content (AvgIpc) is 3.30. The highest BCUT2D eigenvalue weighted by Gasteiger charge is 2.37. The van der Waals surface area contributed by atoms with Crippen LogP contribution in [0.25, 0.3) is 0 Å². The zero-order valence-corrected chi connectivity index (χ0v) is 39.5. The number of phenols is 1. The maximum absolute atomic E-state index is 14.1. The summed E-state index contributed by atoms with van der Waals surface area (Å²) >= 11 is 0. The lowest BCUT2D eigenvalue weighted by molar-refractivity contribution is -0.140. The van der Waals surface area contributed by atoms with Crippen LogP contribution in [0.15, 0.2) is 24.3 Å². The van der Waals surface area contributed by atoms with E-state index < -0.39 is 152 Å². The molecule has 1 saturated heterocycles. The summed E-state index contributed by atoms with van der Waals surface area (Å²) in [6.07, 6.45) is 1.29. The van der Waals surface area contributed by atoms with Crippen molar-refractivity contribution in [3.8, 4) is 5.75 Å². The molecule has 0 radical (unpaired) electrons. The fourth-order valence-corrected chi connectivity index (χ4v) is 7.82. The van der Waals surface area contributed by atoms with Gasteiger partial charge in [0.25, 0.3) is 0 Å². The number of nitrogens with zero attached hydrogens (tertiary/aromatic N) is 1. The highest BCUT2D eigenvalue weighted by Crippen LogP contribution is 2.27. The first kappa shape index (κ1) is 56.2. The second kappa shape index (κ2) is 27.6. The summed E-state index contributed by atoms with van der Waals surface area (Å²) in [6, 6.07) is -3.06. The highest BCUT2D eigenvalue weighted by atomic mass is 16.3. The first-order chi connectivity index (χ1) is 32.6. The van der Waals surface area contributed by atoms with Crippen molar-refractivity contribution >= 4 is 70.8 Å². The number of nitrogens with one attached hydrogen (secondary N) is 8. The Balaban J connectivity index is 2.00. The SMILES string of the molecule is CC[C@H](C)[C@@H]1NC(=O)[C@H](Cc2ccc(O)cc2)NC(=O)CNC(=O)CC[C@@H](C(=O)N(C)CC(=O)N[C@H](C(=O)NCC(C)=O)C2CCCCC2)NC(=O)[C@H](CC(N)=O)NC(=O)[C@H](CCC(N)=O)NC1=O. The number of hydrogen-bond acceptors (Lipinski definition) is 13. The third-order valence-electron chi connectivity index (χ3n) is 11.9. The van der Waals surface area contributed by atoms with Crippen molar-refractivity contribution in [1.29, 1.82) is 0 Å². The Labute approximate surface area is 399 Å². The van der Waals surface area contributed by atoms with Crippen LogP contribution >= 0.6 is 0 Å². The number of amides is 11. The summed E-state index contributed by atoms with van der Waals surface area (Å²) < 4.78 is 0. The molecule has 1 aliphatic heterocycles. The Morgan fingerprint density at radius 1 is 0.783 bits per heavy atom. The van der Waals surface area contributed by atoms with Gasteiger partial charge in [0.1, 0.15) is 47.8 Å². The molecule has 0 bridgehead atoms. The Morgan fingerprint density at radius 3 is 2.01 bits per heavy atom. The van der Waals surface area contributed by atoms with Gasteiger partial charge in [0.15, 0.2) is 0 Å². The quantitative estimate of drug-likeness (QED) is 0.0730. The Hall–Kier alpha value is -7.14. The largest absolute Gasteiger partial charge is 0.508 e. The maximum atomic E-state index is 14.1. The molecule has 1 aliphatic carbocycles. The van der Waals surface area contributed by atoms with Gasteiger partial charge in [-0.2, -0.15) is 0 Å². The minimum absolute atomic E-state index is 0.0664. The molecule has 3 rings (SSSR count). The van der Waals surface area contributed by atoms with Gasteiger partial charge in [-0.15, -0.1) is 0 Å². The van der Waals surface area contributed by atoms with Crippen LogP contribution in [-0.2, 0) is 64.0 Å². The van der Waals surface area contributed by atoms with Gasteiger partial charge in [-0.3, -0.25) is 57.5 Å². The molecule has 13 N–H and O–H groups in total. The number of Topliss-reactive ketones (excluding diaryl/α,β-unsaturated/α-hetero) is 1. The highest BCUT2D eigenvalue weighted by molar-refractivity contribution is 5.99. The topological polar surface area (TPSA) is 377 Å². The van der Waals surface area contributed by atoms with E-state index in [2.05, 4.69) is 42.5 Å². The predicted octanol–water partition coefficient (Wildman–Crippen LogP) is -3.32. The monoisotopic (exact) mass is 969 g/mol. The molecule has 24 heteroatoms. The number of nitrogens with two attached hydrogens (primary N) is 2. The van der Waals surface area contributed by atoms with Crippen LogP contribution in [0.4, 0.5) is 0 Å². The average molecular weight is 970 g/mol. The fourth-order valence-electron chi connectivity index (χ4n) is 7.82. The second-order valence-corrected chi connectivity index (χ2v) is 17.6. The molecule has 1 heterocycles. The van der Waals surface area contributed by atoms with E-state index in [9.17, 15) is 62.6 Å². The molecule has 380 valence electrons. The number of benzene rings is 1. The van der Waals surface area contributed by atoms with Gasteiger partial charge in [-0.1, -0.05) is 51.7 Å². The standard InChI is InChI=1S/C45H67N11O13/c1-5-24(2)38-44(68)51-29(15-17-33(46)59)40(64)53-32(20-34(47)60)41(65)52-30(16-18-35(61)48-22-36(62)50-31(42(66)55-38)19-26-11-13-28(58)14-12-26)45(69)56(4)23-37(63)54-39(27-9-7-6-8-10-27)43(67)49-21-25(3)57/h11-14,24,27,29-32,38-39,58H,5-10,15-23H2,1-4H3,(H2,46,59)(H2,47,60)(H,48,61)(H,49,67)(H,50,62)(H,51,68)(H,52,65)(H,53,64)(H,54,63)(H,55,66)/t24-,29-,30-,31-,32-,38-,39-/m0/s1. The lowest BCUT2D eigenvalue weighted by Gasteiger charge is -2.31. The van der Waals surface area contributed by atoms with Gasteiger partial charge in [0.2, 0.25) is 65.0 Å². The third-order valence-corrected chi connectivity index (χ3v) is 11.9. The molecule has 11 amide bonds. The lowest BCUT2D eigenvalue weighted by Crippen LogP contribution is -2.61. The van der Waals surface area contributed by atoms with Crippen molar-refractivity contribution in [3.63, 3.8) is 0 Å². The van der Waals surface area contributed by atoms with Crippen LogP contribution in [0.5, 0.6) is 5.75 Å². The van der Waals surface area contributed by atoms with E-state index in [-0.39, 0.29) is 30.4 Å².